The van der Waals surface area contributed by atoms with Crippen molar-refractivity contribution in [3.63, 3.8) is 0 Å². The molecule has 0 bridgehead atoms. The van der Waals surface area contributed by atoms with Gasteiger partial charge in [-0.15, -0.1) is 0 Å². The summed E-state index contributed by atoms with van der Waals surface area (Å²) in [5, 5.41) is 0. The molecule has 1 aliphatic heterocycles. The van der Waals surface area contributed by atoms with E-state index in [1.54, 1.807) is 34.6 Å². The highest BCUT2D eigenvalue weighted by Gasteiger charge is 2.26. The van der Waals surface area contributed by atoms with Crippen LogP contribution in [0.25, 0.3) is 22.1 Å². The highest BCUT2D eigenvalue weighted by atomic mass is 16.2. The van der Waals surface area contributed by atoms with E-state index in [1.807, 2.05) is 24.3 Å². The van der Waals surface area contributed by atoms with E-state index in [4.69, 9.17) is 0 Å². The van der Waals surface area contributed by atoms with Crippen molar-refractivity contribution in [1.29, 1.82) is 0 Å². The van der Waals surface area contributed by atoms with E-state index in [-0.39, 0.29) is 11.8 Å². The Bertz CT molecular complexity index is 1090. The summed E-state index contributed by atoms with van der Waals surface area (Å²) in [6.07, 6.45) is 3.23. The second-order valence-corrected chi connectivity index (χ2v) is 6.85. The molecule has 1 fully saturated rings. The Morgan fingerprint density at radius 1 is 0.714 bits per heavy atom. The Morgan fingerprint density at radius 2 is 1.14 bits per heavy atom. The molecule has 4 aromatic rings. The number of fused-ring (bicyclic) bond motifs is 2. The number of nitrogens with one attached hydrogen (secondary N) is 2. The van der Waals surface area contributed by atoms with Gasteiger partial charge in [-0.2, -0.15) is 0 Å². The predicted octanol–water partition coefficient (Wildman–Crippen LogP) is 2.04. The lowest BCUT2D eigenvalue weighted by molar-refractivity contribution is 0.0535. The fraction of sp³-hybridized carbons (Fsp3) is 0.200. The summed E-state index contributed by atoms with van der Waals surface area (Å²) >= 11 is 0. The quantitative estimate of drug-likeness (QED) is 0.561. The van der Waals surface area contributed by atoms with E-state index in [1.165, 1.54) is 0 Å². The van der Waals surface area contributed by atoms with Gasteiger partial charge in [0.05, 0.1) is 34.7 Å². The van der Waals surface area contributed by atoms with E-state index < -0.39 is 0 Å². The van der Waals surface area contributed by atoms with Crippen LogP contribution in [0.5, 0.6) is 0 Å². The number of H-pyrrole nitrogens is 2. The lowest BCUT2D eigenvalue weighted by Gasteiger charge is -2.34. The number of carbonyl (C=O) groups excluding carboxylic acids is 2. The zero-order valence-corrected chi connectivity index (χ0v) is 15.1. The molecule has 0 saturated carbocycles. The Morgan fingerprint density at radius 3 is 1.57 bits per heavy atom. The van der Waals surface area contributed by atoms with Crippen LogP contribution in [0.4, 0.5) is 0 Å². The number of aromatic nitrogens is 4. The van der Waals surface area contributed by atoms with Crippen molar-refractivity contribution in [2.75, 3.05) is 26.2 Å². The van der Waals surface area contributed by atoms with Crippen LogP contribution >= 0.6 is 0 Å². The van der Waals surface area contributed by atoms with Gasteiger partial charge >= 0.3 is 0 Å². The SMILES string of the molecule is O=C(c1ccc2nc[nH]c2c1)N1CCN(C(=O)c2ccc3nc[nH]c3c2)CC1. The minimum absolute atomic E-state index is 0.0255. The summed E-state index contributed by atoms with van der Waals surface area (Å²) < 4.78 is 0. The zero-order chi connectivity index (χ0) is 19.1. The molecule has 2 aromatic carbocycles. The first kappa shape index (κ1) is 16.5. The third-order valence-corrected chi connectivity index (χ3v) is 5.19. The summed E-state index contributed by atoms with van der Waals surface area (Å²) in [4.78, 5) is 43.6. The molecule has 0 unspecified atom stereocenters. The van der Waals surface area contributed by atoms with Crippen LogP contribution in [0.3, 0.4) is 0 Å². The molecule has 140 valence electrons. The van der Waals surface area contributed by atoms with Gasteiger partial charge in [-0.3, -0.25) is 9.59 Å². The van der Waals surface area contributed by atoms with Gasteiger partial charge in [0.25, 0.3) is 11.8 Å². The Balaban J connectivity index is 1.27. The van der Waals surface area contributed by atoms with Crippen LogP contribution in [-0.2, 0) is 0 Å². The van der Waals surface area contributed by atoms with Crippen molar-refractivity contribution >= 4 is 33.9 Å². The number of nitrogens with zero attached hydrogens (tertiary/aromatic N) is 4. The fourth-order valence-electron chi connectivity index (χ4n) is 3.62. The standard InChI is InChI=1S/C20H18N6O2/c27-19(13-1-3-15-17(9-13)23-11-21-15)25-5-7-26(8-6-25)20(28)14-2-4-16-18(10-14)24-12-22-16/h1-4,9-12H,5-8H2,(H,21,23)(H,22,24). The molecule has 8 nitrogen and oxygen atoms in total. The molecule has 5 rings (SSSR count). The van der Waals surface area contributed by atoms with Crippen molar-refractivity contribution < 1.29 is 9.59 Å². The van der Waals surface area contributed by atoms with Gasteiger partial charge in [0.15, 0.2) is 0 Å². The van der Waals surface area contributed by atoms with Gasteiger partial charge in [0.2, 0.25) is 0 Å². The number of rotatable bonds is 2. The first-order chi connectivity index (χ1) is 13.7. The number of hydrogen-bond acceptors (Lipinski definition) is 4. The average Bonchev–Trinajstić information content (AvgIpc) is 3.40. The molecule has 0 aliphatic carbocycles. The molecule has 0 atom stereocenters. The van der Waals surface area contributed by atoms with Gasteiger partial charge in [-0.05, 0) is 36.4 Å². The molecule has 8 heteroatoms. The van der Waals surface area contributed by atoms with Gasteiger partial charge in [-0.1, -0.05) is 0 Å². The smallest absolute Gasteiger partial charge is 0.254 e. The summed E-state index contributed by atoms with van der Waals surface area (Å²) in [6.45, 7) is 2.05. The molecule has 2 amide bonds. The maximum atomic E-state index is 12.8. The predicted molar refractivity (Wildman–Crippen MR) is 104 cm³/mol. The van der Waals surface area contributed by atoms with Crippen LogP contribution in [-0.4, -0.2) is 67.7 Å². The van der Waals surface area contributed by atoms with Gasteiger partial charge in [-0.25, -0.2) is 9.97 Å². The van der Waals surface area contributed by atoms with Gasteiger partial charge in [0.1, 0.15) is 0 Å². The fourth-order valence-corrected chi connectivity index (χ4v) is 3.62. The first-order valence-corrected chi connectivity index (χ1v) is 9.14. The number of aromatic amines is 2. The molecule has 0 spiro atoms. The van der Waals surface area contributed by atoms with E-state index in [2.05, 4.69) is 19.9 Å². The summed E-state index contributed by atoms with van der Waals surface area (Å²) in [5.41, 5.74) is 4.60. The first-order valence-electron chi connectivity index (χ1n) is 9.14. The van der Waals surface area contributed by atoms with Gasteiger partial charge < -0.3 is 19.8 Å². The largest absolute Gasteiger partial charge is 0.345 e. The molecular weight excluding hydrogens is 356 g/mol. The zero-order valence-electron chi connectivity index (χ0n) is 15.1. The van der Waals surface area contributed by atoms with E-state index in [0.29, 0.717) is 37.3 Å². The third kappa shape index (κ3) is 2.79. The molecule has 1 aliphatic rings. The maximum absolute atomic E-state index is 12.8. The van der Waals surface area contributed by atoms with Crippen LogP contribution < -0.4 is 0 Å². The average molecular weight is 374 g/mol. The number of hydrogen-bond donors (Lipinski definition) is 2. The molecule has 2 N–H and O–H groups in total. The monoisotopic (exact) mass is 374 g/mol. The second-order valence-electron chi connectivity index (χ2n) is 6.85. The van der Waals surface area contributed by atoms with E-state index in [9.17, 15) is 9.59 Å². The number of imidazole rings is 2. The van der Waals surface area contributed by atoms with Crippen molar-refractivity contribution in [3.05, 3.63) is 60.2 Å². The van der Waals surface area contributed by atoms with Crippen molar-refractivity contribution in [2.45, 2.75) is 0 Å². The highest BCUT2D eigenvalue weighted by Crippen LogP contribution is 2.17. The minimum Gasteiger partial charge on any atom is -0.345 e. The number of piperazine rings is 1. The molecule has 0 radical (unpaired) electrons. The van der Waals surface area contributed by atoms with Crippen LogP contribution in [0.2, 0.25) is 0 Å². The number of amides is 2. The normalized spacial score (nSPS) is 14.7. The summed E-state index contributed by atoms with van der Waals surface area (Å²) in [6, 6.07) is 10.9. The second kappa shape index (κ2) is 6.49. The molecule has 2 aromatic heterocycles. The lowest BCUT2D eigenvalue weighted by Crippen LogP contribution is -2.50. The Labute approximate surface area is 160 Å². The van der Waals surface area contributed by atoms with Crippen molar-refractivity contribution in [3.8, 4) is 0 Å². The Hall–Kier alpha value is -3.68. The summed E-state index contributed by atoms with van der Waals surface area (Å²) in [7, 11) is 0. The molecule has 1 saturated heterocycles. The van der Waals surface area contributed by atoms with Crippen LogP contribution in [0.1, 0.15) is 20.7 Å². The van der Waals surface area contributed by atoms with Crippen LogP contribution in [0, 0.1) is 0 Å². The third-order valence-electron chi connectivity index (χ3n) is 5.19. The Kier molecular flexibility index (Phi) is 3.82. The van der Waals surface area contributed by atoms with E-state index in [0.717, 1.165) is 22.1 Å². The maximum Gasteiger partial charge on any atom is 0.254 e. The van der Waals surface area contributed by atoms with E-state index >= 15 is 0 Å². The van der Waals surface area contributed by atoms with Crippen molar-refractivity contribution in [1.82, 2.24) is 29.7 Å². The highest BCUT2D eigenvalue weighted by molar-refractivity contribution is 5.99. The van der Waals surface area contributed by atoms with Gasteiger partial charge in [0, 0.05) is 37.3 Å². The number of benzene rings is 2. The number of carbonyl (C=O) groups is 2. The molecular formula is C20H18N6O2. The molecule has 28 heavy (non-hydrogen) atoms. The minimum atomic E-state index is -0.0255. The van der Waals surface area contributed by atoms with Crippen LogP contribution in [0.15, 0.2) is 49.1 Å². The van der Waals surface area contributed by atoms with Crippen molar-refractivity contribution in [2.24, 2.45) is 0 Å². The lowest BCUT2D eigenvalue weighted by atomic mass is 10.1. The summed E-state index contributed by atoms with van der Waals surface area (Å²) in [5.74, 6) is -0.0510. The topological polar surface area (TPSA) is 98.0 Å². The molecule has 3 heterocycles.